The van der Waals surface area contributed by atoms with Crippen molar-refractivity contribution in [3.05, 3.63) is 0 Å². The fourth-order valence-electron chi connectivity index (χ4n) is 2.20. The molecule has 0 aliphatic heterocycles. The molecule has 162 valence electrons. The molecule has 0 aromatic heterocycles. The van der Waals surface area contributed by atoms with Gasteiger partial charge < -0.3 is 24.9 Å². The number of Topliss-reactive ketones (excluding diaryl/α,β-unsaturated/α-hetero) is 1. The summed E-state index contributed by atoms with van der Waals surface area (Å²) in [5.74, 6) is -1.52. The molecule has 8 heteroatoms. The van der Waals surface area contributed by atoms with Crippen molar-refractivity contribution in [1.29, 1.82) is 0 Å². The molecule has 28 heavy (non-hydrogen) atoms. The number of nitrogens with one attached hydrogen (secondary N) is 2. The van der Waals surface area contributed by atoms with Crippen molar-refractivity contribution in [1.82, 2.24) is 10.6 Å². The molecule has 0 bridgehead atoms. The minimum Gasteiger partial charge on any atom is -0.458 e. The number of esters is 1. The predicted molar refractivity (Wildman–Crippen MR) is 106 cm³/mol. The van der Waals surface area contributed by atoms with Gasteiger partial charge in [-0.1, -0.05) is 13.8 Å². The van der Waals surface area contributed by atoms with Gasteiger partial charge in [0.25, 0.3) is 0 Å². The Labute approximate surface area is 168 Å². The van der Waals surface area contributed by atoms with Crippen LogP contribution in [0.2, 0.25) is 0 Å². The van der Waals surface area contributed by atoms with E-state index in [4.69, 9.17) is 9.47 Å². The molecule has 0 fully saturated rings. The van der Waals surface area contributed by atoms with Crippen LogP contribution in [0.1, 0.15) is 75.2 Å². The van der Waals surface area contributed by atoms with Crippen LogP contribution in [0.3, 0.4) is 0 Å². The average molecular weight is 401 g/mol. The number of hydrogen-bond acceptors (Lipinski definition) is 6. The van der Waals surface area contributed by atoms with Gasteiger partial charge in [0.1, 0.15) is 29.1 Å². The van der Waals surface area contributed by atoms with E-state index < -0.39 is 41.3 Å². The molecule has 0 spiro atoms. The highest BCUT2D eigenvalue weighted by Gasteiger charge is 2.32. The first kappa shape index (κ1) is 25.9. The van der Waals surface area contributed by atoms with E-state index in [9.17, 15) is 19.2 Å². The Bertz CT molecular complexity index is 572. The predicted octanol–water partition coefficient (Wildman–Crippen LogP) is 2.73. The first-order valence-electron chi connectivity index (χ1n) is 9.54. The number of ketones is 1. The van der Waals surface area contributed by atoms with Gasteiger partial charge in [-0.05, 0) is 60.8 Å². The quantitative estimate of drug-likeness (QED) is 0.606. The van der Waals surface area contributed by atoms with Gasteiger partial charge in [0, 0.05) is 6.42 Å². The van der Waals surface area contributed by atoms with E-state index in [0.29, 0.717) is 0 Å². The van der Waals surface area contributed by atoms with E-state index in [1.54, 1.807) is 55.4 Å². The standard InChI is InChI=1S/C20H36N2O6/c1-12(2)15(22-18(26)28-20(7,8)9)16(24)21-14(11-10-13(3)23)17(25)27-19(4,5)6/h12,14-15H,10-11H2,1-9H3,(H,21,24)(H,22,26)/t14-,15+/m0/s1. The molecule has 0 saturated carbocycles. The smallest absolute Gasteiger partial charge is 0.408 e. The zero-order valence-electron chi connectivity index (χ0n) is 18.6. The summed E-state index contributed by atoms with van der Waals surface area (Å²) < 4.78 is 10.5. The molecule has 0 aliphatic carbocycles. The highest BCUT2D eigenvalue weighted by atomic mass is 16.6. The first-order valence-corrected chi connectivity index (χ1v) is 9.54. The molecule has 0 aliphatic rings. The molecule has 0 aromatic carbocycles. The number of hydrogen-bond donors (Lipinski definition) is 2. The fraction of sp³-hybridized carbons (Fsp3) is 0.800. The van der Waals surface area contributed by atoms with Gasteiger partial charge in [-0.2, -0.15) is 0 Å². The Morgan fingerprint density at radius 1 is 0.857 bits per heavy atom. The third-order valence-corrected chi connectivity index (χ3v) is 3.41. The summed E-state index contributed by atoms with van der Waals surface area (Å²) in [5, 5.41) is 5.15. The largest absolute Gasteiger partial charge is 0.458 e. The van der Waals surface area contributed by atoms with Crippen molar-refractivity contribution < 1.29 is 28.7 Å². The van der Waals surface area contributed by atoms with Crippen LogP contribution in [0.25, 0.3) is 0 Å². The molecular weight excluding hydrogens is 364 g/mol. The molecule has 0 heterocycles. The van der Waals surface area contributed by atoms with Crippen molar-refractivity contribution in [3.63, 3.8) is 0 Å². The van der Waals surface area contributed by atoms with Gasteiger partial charge >= 0.3 is 12.1 Å². The highest BCUT2D eigenvalue weighted by Crippen LogP contribution is 2.13. The summed E-state index contributed by atoms with van der Waals surface area (Å²) in [5.41, 5.74) is -1.44. The van der Waals surface area contributed by atoms with E-state index in [-0.39, 0.29) is 24.5 Å². The molecule has 2 atom stereocenters. The SMILES string of the molecule is CC(=O)CC[C@H](NC(=O)[C@H](NC(=O)OC(C)(C)C)C(C)C)C(=O)OC(C)(C)C. The molecule has 8 nitrogen and oxygen atoms in total. The van der Waals surface area contributed by atoms with Crippen LogP contribution in [0.15, 0.2) is 0 Å². The van der Waals surface area contributed by atoms with Gasteiger partial charge in [0.05, 0.1) is 0 Å². The van der Waals surface area contributed by atoms with Gasteiger partial charge in [0.15, 0.2) is 0 Å². The van der Waals surface area contributed by atoms with Gasteiger partial charge in [-0.3, -0.25) is 4.79 Å². The molecular formula is C20H36N2O6. The molecule has 2 N–H and O–H groups in total. The average Bonchev–Trinajstić information content (AvgIpc) is 2.44. The lowest BCUT2D eigenvalue weighted by atomic mass is 10.0. The van der Waals surface area contributed by atoms with Gasteiger partial charge in [-0.15, -0.1) is 0 Å². The van der Waals surface area contributed by atoms with E-state index in [1.165, 1.54) is 6.92 Å². The fourth-order valence-corrected chi connectivity index (χ4v) is 2.20. The van der Waals surface area contributed by atoms with E-state index in [1.807, 2.05) is 0 Å². The Balaban J connectivity index is 5.26. The zero-order chi connectivity index (χ0) is 22.3. The lowest BCUT2D eigenvalue weighted by Gasteiger charge is -2.28. The Morgan fingerprint density at radius 2 is 1.36 bits per heavy atom. The lowest BCUT2D eigenvalue weighted by Crippen LogP contribution is -2.55. The molecule has 0 aromatic rings. The zero-order valence-corrected chi connectivity index (χ0v) is 18.6. The summed E-state index contributed by atoms with van der Waals surface area (Å²) >= 11 is 0. The molecule has 0 saturated heterocycles. The van der Waals surface area contributed by atoms with E-state index in [0.717, 1.165) is 0 Å². The maximum absolute atomic E-state index is 12.7. The number of amides is 2. The van der Waals surface area contributed by atoms with Gasteiger partial charge in [-0.25, -0.2) is 9.59 Å². The van der Waals surface area contributed by atoms with Crippen molar-refractivity contribution in [2.45, 2.75) is 98.4 Å². The third-order valence-electron chi connectivity index (χ3n) is 3.41. The second-order valence-electron chi connectivity index (χ2n) is 9.20. The number of carbonyl (C=O) groups excluding carboxylic acids is 4. The third kappa shape index (κ3) is 11.6. The topological polar surface area (TPSA) is 111 Å². The summed E-state index contributed by atoms with van der Waals surface area (Å²) in [7, 11) is 0. The monoisotopic (exact) mass is 400 g/mol. The van der Waals surface area contributed by atoms with Crippen LogP contribution in [-0.4, -0.2) is 47.0 Å². The van der Waals surface area contributed by atoms with Crippen molar-refractivity contribution >= 4 is 23.8 Å². The molecule has 0 radical (unpaired) electrons. The minimum absolute atomic E-state index is 0.102. The van der Waals surface area contributed by atoms with Crippen LogP contribution < -0.4 is 10.6 Å². The van der Waals surface area contributed by atoms with Crippen LogP contribution in [0, 0.1) is 5.92 Å². The summed E-state index contributed by atoms with van der Waals surface area (Å²) in [6.45, 7) is 15.3. The second-order valence-corrected chi connectivity index (χ2v) is 9.20. The Morgan fingerprint density at radius 3 is 1.75 bits per heavy atom. The maximum atomic E-state index is 12.7. The Kier molecular flexibility index (Phi) is 9.64. The number of alkyl carbamates (subject to hydrolysis) is 1. The normalized spacial score (nSPS) is 14.1. The summed E-state index contributed by atoms with van der Waals surface area (Å²) in [6.07, 6.45) is -0.484. The highest BCUT2D eigenvalue weighted by molar-refractivity contribution is 5.90. The summed E-state index contributed by atoms with van der Waals surface area (Å²) in [6, 6.07) is -1.89. The molecule has 0 rings (SSSR count). The lowest BCUT2D eigenvalue weighted by molar-refractivity contribution is -0.159. The van der Waals surface area contributed by atoms with Crippen LogP contribution >= 0.6 is 0 Å². The van der Waals surface area contributed by atoms with Crippen molar-refractivity contribution in [3.8, 4) is 0 Å². The first-order chi connectivity index (χ1) is 12.5. The molecule has 2 amide bonds. The summed E-state index contributed by atoms with van der Waals surface area (Å²) in [4.78, 5) is 48.6. The maximum Gasteiger partial charge on any atom is 0.408 e. The molecule has 0 unspecified atom stereocenters. The van der Waals surface area contributed by atoms with Crippen molar-refractivity contribution in [2.75, 3.05) is 0 Å². The van der Waals surface area contributed by atoms with Crippen molar-refractivity contribution in [2.24, 2.45) is 5.92 Å². The van der Waals surface area contributed by atoms with Crippen LogP contribution in [-0.2, 0) is 23.9 Å². The number of ether oxygens (including phenoxy) is 2. The van der Waals surface area contributed by atoms with Crippen LogP contribution in [0.4, 0.5) is 4.79 Å². The van der Waals surface area contributed by atoms with Crippen LogP contribution in [0.5, 0.6) is 0 Å². The van der Waals surface area contributed by atoms with E-state index in [2.05, 4.69) is 10.6 Å². The number of carbonyl (C=O) groups is 4. The van der Waals surface area contributed by atoms with E-state index >= 15 is 0 Å². The number of rotatable bonds is 8. The van der Waals surface area contributed by atoms with Gasteiger partial charge in [0.2, 0.25) is 5.91 Å². The Hall–Kier alpha value is -2.12. The minimum atomic E-state index is -0.989. The second kappa shape index (κ2) is 10.4.